The molecule has 2 rings (SSSR count). The highest BCUT2D eigenvalue weighted by Gasteiger charge is 2.21. The van der Waals surface area contributed by atoms with Gasteiger partial charge in [-0.2, -0.15) is 5.10 Å². The van der Waals surface area contributed by atoms with Crippen molar-refractivity contribution in [3.63, 3.8) is 0 Å². The standard InChI is InChI=1S/C15H19N3O2/c1-10-14(9-17(3)16-10)15(20)18(4)11(2)12-5-7-13(19)8-6-12/h5-9,11,19H,1-4H3. The molecule has 1 atom stereocenters. The molecule has 1 aromatic carbocycles. The fourth-order valence-electron chi connectivity index (χ4n) is 2.15. The smallest absolute Gasteiger partial charge is 0.257 e. The summed E-state index contributed by atoms with van der Waals surface area (Å²) in [5.74, 6) is 0.161. The number of hydrogen-bond acceptors (Lipinski definition) is 3. The molecule has 0 spiro atoms. The Bertz CT molecular complexity index is 617. The first-order chi connectivity index (χ1) is 9.40. The van der Waals surface area contributed by atoms with Crippen LogP contribution in [0.3, 0.4) is 0 Å². The second-order valence-corrected chi connectivity index (χ2v) is 4.99. The van der Waals surface area contributed by atoms with E-state index in [1.807, 2.05) is 26.0 Å². The van der Waals surface area contributed by atoms with Crippen LogP contribution in [-0.2, 0) is 7.05 Å². The number of hydrogen-bond donors (Lipinski definition) is 1. The summed E-state index contributed by atoms with van der Waals surface area (Å²) in [4.78, 5) is 14.2. The fourth-order valence-corrected chi connectivity index (χ4v) is 2.15. The van der Waals surface area contributed by atoms with Crippen LogP contribution < -0.4 is 0 Å². The summed E-state index contributed by atoms with van der Waals surface area (Å²) >= 11 is 0. The maximum Gasteiger partial charge on any atom is 0.257 e. The van der Waals surface area contributed by atoms with Crippen molar-refractivity contribution in [3.8, 4) is 5.75 Å². The largest absolute Gasteiger partial charge is 0.508 e. The van der Waals surface area contributed by atoms with E-state index in [2.05, 4.69) is 5.10 Å². The van der Waals surface area contributed by atoms with Gasteiger partial charge in [-0.3, -0.25) is 9.48 Å². The summed E-state index contributed by atoms with van der Waals surface area (Å²) in [6.45, 7) is 3.78. The number of benzene rings is 1. The van der Waals surface area contributed by atoms with Crippen molar-refractivity contribution in [1.82, 2.24) is 14.7 Å². The molecular weight excluding hydrogens is 254 g/mol. The van der Waals surface area contributed by atoms with Gasteiger partial charge in [0, 0.05) is 20.3 Å². The Morgan fingerprint density at radius 1 is 1.35 bits per heavy atom. The van der Waals surface area contributed by atoms with E-state index in [1.165, 1.54) is 0 Å². The van der Waals surface area contributed by atoms with Crippen LogP contribution in [0.5, 0.6) is 5.75 Å². The summed E-state index contributed by atoms with van der Waals surface area (Å²) in [7, 11) is 3.57. The van der Waals surface area contributed by atoms with Crippen LogP contribution in [0.2, 0.25) is 0 Å². The van der Waals surface area contributed by atoms with E-state index in [0.717, 1.165) is 11.3 Å². The molecule has 0 radical (unpaired) electrons. The highest BCUT2D eigenvalue weighted by molar-refractivity contribution is 5.95. The predicted octanol–water partition coefficient (Wildman–Crippen LogP) is 2.27. The summed E-state index contributed by atoms with van der Waals surface area (Å²) in [6, 6.07) is 6.81. The summed E-state index contributed by atoms with van der Waals surface area (Å²) in [5, 5.41) is 13.5. The van der Waals surface area contributed by atoms with Crippen LogP contribution >= 0.6 is 0 Å². The van der Waals surface area contributed by atoms with Crippen molar-refractivity contribution in [2.75, 3.05) is 7.05 Å². The molecule has 1 N–H and O–H groups in total. The summed E-state index contributed by atoms with van der Waals surface area (Å²) in [6.07, 6.45) is 1.73. The number of nitrogens with zero attached hydrogens (tertiary/aromatic N) is 3. The van der Waals surface area contributed by atoms with E-state index in [1.54, 1.807) is 42.0 Å². The number of rotatable bonds is 3. The molecule has 5 heteroatoms. The zero-order chi connectivity index (χ0) is 14.9. The molecule has 1 unspecified atom stereocenters. The lowest BCUT2D eigenvalue weighted by Gasteiger charge is -2.25. The van der Waals surface area contributed by atoms with Crippen molar-refractivity contribution in [2.24, 2.45) is 7.05 Å². The number of carbonyl (C=O) groups excluding carboxylic acids is 1. The molecule has 0 aliphatic rings. The average molecular weight is 273 g/mol. The lowest BCUT2D eigenvalue weighted by Crippen LogP contribution is -2.29. The number of phenols is 1. The Kier molecular flexibility index (Phi) is 3.79. The zero-order valence-corrected chi connectivity index (χ0v) is 12.2. The highest BCUT2D eigenvalue weighted by Crippen LogP contribution is 2.23. The van der Waals surface area contributed by atoms with Crippen LogP contribution in [0.15, 0.2) is 30.5 Å². The minimum atomic E-state index is -0.0808. The third-order valence-corrected chi connectivity index (χ3v) is 3.52. The monoisotopic (exact) mass is 273 g/mol. The van der Waals surface area contributed by atoms with Crippen molar-refractivity contribution in [3.05, 3.63) is 47.3 Å². The second-order valence-electron chi connectivity index (χ2n) is 4.99. The third kappa shape index (κ3) is 2.66. The minimum Gasteiger partial charge on any atom is -0.508 e. The number of phenolic OH excluding ortho intramolecular Hbond substituents is 1. The summed E-state index contributed by atoms with van der Waals surface area (Å²) < 4.78 is 1.64. The fraction of sp³-hybridized carbons (Fsp3) is 0.333. The molecule has 2 aromatic rings. The predicted molar refractivity (Wildman–Crippen MR) is 76.6 cm³/mol. The second kappa shape index (κ2) is 5.36. The molecule has 0 fully saturated rings. The van der Waals surface area contributed by atoms with E-state index < -0.39 is 0 Å². The Hall–Kier alpha value is -2.30. The molecule has 1 heterocycles. The first-order valence-corrected chi connectivity index (χ1v) is 6.46. The van der Waals surface area contributed by atoms with Gasteiger partial charge in [0.1, 0.15) is 5.75 Å². The Labute approximate surface area is 118 Å². The van der Waals surface area contributed by atoms with Gasteiger partial charge in [-0.05, 0) is 31.5 Å². The topological polar surface area (TPSA) is 58.4 Å². The van der Waals surface area contributed by atoms with Gasteiger partial charge in [0.25, 0.3) is 5.91 Å². The van der Waals surface area contributed by atoms with Crippen molar-refractivity contribution in [1.29, 1.82) is 0 Å². The van der Waals surface area contributed by atoms with Crippen LogP contribution in [-0.4, -0.2) is 32.7 Å². The molecule has 1 amide bonds. The molecule has 20 heavy (non-hydrogen) atoms. The van der Waals surface area contributed by atoms with E-state index in [4.69, 9.17) is 0 Å². The number of amides is 1. The first kappa shape index (κ1) is 14.1. The van der Waals surface area contributed by atoms with Crippen molar-refractivity contribution >= 4 is 5.91 Å². The van der Waals surface area contributed by atoms with Gasteiger partial charge in [0.2, 0.25) is 0 Å². The normalized spacial score (nSPS) is 12.2. The molecular formula is C15H19N3O2. The zero-order valence-electron chi connectivity index (χ0n) is 12.2. The van der Waals surface area contributed by atoms with Gasteiger partial charge in [-0.15, -0.1) is 0 Å². The van der Waals surface area contributed by atoms with E-state index in [-0.39, 0.29) is 17.7 Å². The molecule has 0 aliphatic heterocycles. The van der Waals surface area contributed by atoms with Gasteiger partial charge in [0.05, 0.1) is 17.3 Å². The molecule has 0 bridgehead atoms. The minimum absolute atomic E-state index is 0.0591. The molecule has 106 valence electrons. The van der Waals surface area contributed by atoms with E-state index in [0.29, 0.717) is 5.56 Å². The number of carbonyl (C=O) groups is 1. The number of aryl methyl sites for hydroxylation is 2. The highest BCUT2D eigenvalue weighted by atomic mass is 16.3. The van der Waals surface area contributed by atoms with Crippen LogP contribution in [0.4, 0.5) is 0 Å². The SMILES string of the molecule is Cc1nn(C)cc1C(=O)N(C)C(C)c1ccc(O)cc1. The van der Waals surface area contributed by atoms with Gasteiger partial charge in [-0.1, -0.05) is 12.1 Å². The van der Waals surface area contributed by atoms with Crippen molar-refractivity contribution < 1.29 is 9.90 Å². The quantitative estimate of drug-likeness (QED) is 0.933. The lowest BCUT2D eigenvalue weighted by molar-refractivity contribution is 0.0742. The van der Waals surface area contributed by atoms with E-state index in [9.17, 15) is 9.90 Å². The van der Waals surface area contributed by atoms with Crippen molar-refractivity contribution in [2.45, 2.75) is 19.9 Å². The maximum absolute atomic E-state index is 12.5. The summed E-state index contributed by atoms with van der Waals surface area (Å²) in [5.41, 5.74) is 2.31. The molecule has 5 nitrogen and oxygen atoms in total. The average Bonchev–Trinajstić information content (AvgIpc) is 2.76. The van der Waals surface area contributed by atoms with Gasteiger partial charge in [0.15, 0.2) is 0 Å². The molecule has 0 saturated carbocycles. The molecule has 1 aromatic heterocycles. The van der Waals surface area contributed by atoms with Crippen LogP contribution in [0.25, 0.3) is 0 Å². The van der Waals surface area contributed by atoms with Gasteiger partial charge in [-0.25, -0.2) is 0 Å². The Morgan fingerprint density at radius 2 is 1.95 bits per heavy atom. The number of aromatic hydroxyl groups is 1. The van der Waals surface area contributed by atoms with Gasteiger partial charge >= 0.3 is 0 Å². The maximum atomic E-state index is 12.5. The third-order valence-electron chi connectivity index (χ3n) is 3.52. The van der Waals surface area contributed by atoms with Gasteiger partial charge < -0.3 is 10.0 Å². The van der Waals surface area contributed by atoms with Crippen LogP contribution in [0.1, 0.15) is 34.6 Å². The lowest BCUT2D eigenvalue weighted by atomic mass is 10.1. The number of aromatic nitrogens is 2. The first-order valence-electron chi connectivity index (χ1n) is 6.46. The Morgan fingerprint density at radius 3 is 2.45 bits per heavy atom. The van der Waals surface area contributed by atoms with Crippen LogP contribution in [0, 0.1) is 6.92 Å². The van der Waals surface area contributed by atoms with E-state index >= 15 is 0 Å². The molecule has 0 saturated heterocycles. The molecule has 0 aliphatic carbocycles. The Balaban J connectivity index is 2.22.